The lowest BCUT2D eigenvalue weighted by molar-refractivity contribution is 0.273. The van der Waals surface area contributed by atoms with Crippen LogP contribution in [0.4, 0.5) is 11.6 Å². The van der Waals surface area contributed by atoms with Crippen molar-refractivity contribution in [2.24, 2.45) is 5.84 Å². The summed E-state index contributed by atoms with van der Waals surface area (Å²) in [6, 6.07) is 2.65. The monoisotopic (exact) mass is 276 g/mol. The molecular weight excluding hydrogens is 252 g/mol. The third kappa shape index (κ3) is 2.71. The van der Waals surface area contributed by atoms with Crippen LogP contribution in [0.5, 0.6) is 0 Å². The van der Waals surface area contributed by atoms with Crippen LogP contribution in [0, 0.1) is 0 Å². The Bertz CT molecular complexity index is 441. The Morgan fingerprint density at radius 2 is 2.15 bits per heavy atom. The molecule has 0 radical (unpaired) electrons. The van der Waals surface area contributed by atoms with Crippen molar-refractivity contribution in [3.63, 3.8) is 0 Å². The van der Waals surface area contributed by atoms with E-state index in [0.717, 1.165) is 31.2 Å². The fourth-order valence-corrected chi connectivity index (χ4v) is 3.29. The van der Waals surface area contributed by atoms with E-state index >= 15 is 0 Å². The smallest absolute Gasteiger partial charge is 0.145 e. The number of rotatable bonds is 3. The van der Waals surface area contributed by atoms with Gasteiger partial charge in [0.05, 0.1) is 0 Å². The van der Waals surface area contributed by atoms with Gasteiger partial charge in [-0.05, 0) is 25.8 Å². The molecule has 3 N–H and O–H groups in total. The lowest BCUT2D eigenvalue weighted by Gasteiger charge is -2.26. The standard InChI is InChI=1S/C14H24N6/c1-2-12-16-13(18-15)9-14(17-12)20-8-4-7-19-6-3-5-11(19)10-20/h9,11H,2-8,10,15H2,1H3,(H,16,17,18). The topological polar surface area (TPSA) is 70.3 Å². The van der Waals surface area contributed by atoms with Crippen molar-refractivity contribution < 1.29 is 0 Å². The van der Waals surface area contributed by atoms with E-state index in [1.54, 1.807) is 0 Å². The molecule has 3 rings (SSSR count). The second kappa shape index (κ2) is 5.93. The zero-order valence-corrected chi connectivity index (χ0v) is 12.2. The molecule has 0 saturated carbocycles. The van der Waals surface area contributed by atoms with Crippen molar-refractivity contribution in [2.45, 2.75) is 38.6 Å². The molecule has 1 unspecified atom stereocenters. The fraction of sp³-hybridized carbons (Fsp3) is 0.714. The number of anilines is 2. The van der Waals surface area contributed by atoms with Gasteiger partial charge in [0.15, 0.2) is 0 Å². The lowest BCUT2D eigenvalue weighted by atomic mass is 10.2. The highest BCUT2D eigenvalue weighted by molar-refractivity contribution is 5.49. The summed E-state index contributed by atoms with van der Waals surface area (Å²) in [5.74, 6) is 8.09. The molecule has 0 bridgehead atoms. The van der Waals surface area contributed by atoms with Crippen molar-refractivity contribution in [3.05, 3.63) is 11.9 Å². The van der Waals surface area contributed by atoms with Crippen molar-refractivity contribution in [2.75, 3.05) is 36.5 Å². The van der Waals surface area contributed by atoms with Gasteiger partial charge in [0.25, 0.3) is 0 Å². The number of nitrogens with zero attached hydrogens (tertiary/aromatic N) is 4. The lowest BCUT2D eigenvalue weighted by Crippen LogP contribution is -2.37. The average molecular weight is 276 g/mol. The molecule has 2 fully saturated rings. The highest BCUT2D eigenvalue weighted by Crippen LogP contribution is 2.25. The molecule has 20 heavy (non-hydrogen) atoms. The molecule has 1 aromatic heterocycles. The van der Waals surface area contributed by atoms with Crippen LogP contribution >= 0.6 is 0 Å². The van der Waals surface area contributed by atoms with Gasteiger partial charge in [-0.25, -0.2) is 15.8 Å². The first-order valence-electron chi connectivity index (χ1n) is 7.63. The molecule has 6 heteroatoms. The van der Waals surface area contributed by atoms with Gasteiger partial charge in [0, 0.05) is 38.2 Å². The Balaban J connectivity index is 1.83. The van der Waals surface area contributed by atoms with E-state index in [0.29, 0.717) is 11.9 Å². The molecule has 2 saturated heterocycles. The van der Waals surface area contributed by atoms with Crippen LogP contribution in [0.3, 0.4) is 0 Å². The van der Waals surface area contributed by atoms with Gasteiger partial charge >= 0.3 is 0 Å². The Hall–Kier alpha value is -1.40. The number of hydrazine groups is 1. The second-order valence-electron chi connectivity index (χ2n) is 5.66. The maximum absolute atomic E-state index is 5.52. The minimum Gasteiger partial charge on any atom is -0.355 e. The van der Waals surface area contributed by atoms with Crippen molar-refractivity contribution in [1.82, 2.24) is 14.9 Å². The number of fused-ring (bicyclic) bond motifs is 1. The zero-order chi connectivity index (χ0) is 13.9. The number of nitrogens with one attached hydrogen (secondary N) is 1. The van der Waals surface area contributed by atoms with Crippen LogP contribution in [-0.4, -0.2) is 47.1 Å². The number of nitrogen functional groups attached to an aromatic ring is 1. The second-order valence-corrected chi connectivity index (χ2v) is 5.66. The summed E-state index contributed by atoms with van der Waals surface area (Å²) in [7, 11) is 0. The summed E-state index contributed by atoms with van der Waals surface area (Å²) in [4.78, 5) is 14.1. The van der Waals surface area contributed by atoms with Gasteiger partial charge in [-0.15, -0.1) is 0 Å². The Labute approximate surface area is 120 Å². The molecule has 0 amide bonds. The molecule has 2 aliphatic rings. The van der Waals surface area contributed by atoms with E-state index in [1.807, 2.05) is 6.07 Å². The average Bonchev–Trinajstić information content (AvgIpc) is 2.83. The number of hydrogen-bond acceptors (Lipinski definition) is 6. The summed E-state index contributed by atoms with van der Waals surface area (Å²) in [5.41, 5.74) is 2.65. The first-order valence-corrected chi connectivity index (χ1v) is 7.63. The molecule has 6 nitrogen and oxygen atoms in total. The van der Waals surface area contributed by atoms with Gasteiger partial charge in [0.1, 0.15) is 17.5 Å². The molecule has 3 heterocycles. The summed E-state index contributed by atoms with van der Waals surface area (Å²) in [6.45, 7) is 6.69. The molecule has 110 valence electrons. The predicted octanol–water partition coefficient (Wildman–Crippen LogP) is 0.999. The molecule has 1 atom stereocenters. The molecule has 1 aromatic rings. The first kappa shape index (κ1) is 13.6. The minimum absolute atomic E-state index is 0.687. The van der Waals surface area contributed by atoms with Crippen LogP contribution < -0.4 is 16.2 Å². The summed E-state index contributed by atoms with van der Waals surface area (Å²) in [6.07, 6.45) is 4.67. The number of hydrogen-bond donors (Lipinski definition) is 2. The fourth-order valence-electron chi connectivity index (χ4n) is 3.29. The van der Waals surface area contributed by atoms with Gasteiger partial charge in [0.2, 0.25) is 0 Å². The Kier molecular flexibility index (Phi) is 4.03. The number of aromatic nitrogens is 2. The van der Waals surface area contributed by atoms with Crippen molar-refractivity contribution in [1.29, 1.82) is 0 Å². The van der Waals surface area contributed by atoms with E-state index in [1.165, 1.54) is 32.4 Å². The largest absolute Gasteiger partial charge is 0.355 e. The highest BCUT2D eigenvalue weighted by atomic mass is 15.3. The SMILES string of the molecule is CCc1nc(NN)cc(N2CCCN3CCCC3C2)n1. The predicted molar refractivity (Wildman–Crippen MR) is 80.6 cm³/mol. The summed E-state index contributed by atoms with van der Waals surface area (Å²) < 4.78 is 0. The van der Waals surface area contributed by atoms with E-state index in [9.17, 15) is 0 Å². The van der Waals surface area contributed by atoms with E-state index in [4.69, 9.17) is 5.84 Å². The first-order chi connectivity index (χ1) is 9.80. The van der Waals surface area contributed by atoms with Crippen LogP contribution in [-0.2, 0) is 6.42 Å². The van der Waals surface area contributed by atoms with Crippen LogP contribution in [0.15, 0.2) is 6.07 Å². The van der Waals surface area contributed by atoms with Crippen LogP contribution in [0.1, 0.15) is 32.0 Å². The van der Waals surface area contributed by atoms with E-state index in [-0.39, 0.29) is 0 Å². The quantitative estimate of drug-likeness (QED) is 0.634. The minimum atomic E-state index is 0.687. The van der Waals surface area contributed by atoms with Crippen LogP contribution in [0.25, 0.3) is 0 Å². The van der Waals surface area contributed by atoms with Gasteiger partial charge < -0.3 is 10.3 Å². The van der Waals surface area contributed by atoms with Crippen LogP contribution in [0.2, 0.25) is 0 Å². The maximum atomic E-state index is 5.52. The van der Waals surface area contributed by atoms with Gasteiger partial charge in [-0.1, -0.05) is 6.92 Å². The molecule has 2 aliphatic heterocycles. The summed E-state index contributed by atoms with van der Waals surface area (Å²) >= 11 is 0. The third-order valence-corrected chi connectivity index (χ3v) is 4.35. The zero-order valence-electron chi connectivity index (χ0n) is 12.2. The van der Waals surface area contributed by atoms with Crippen molar-refractivity contribution >= 4 is 11.6 Å². The Morgan fingerprint density at radius 1 is 1.30 bits per heavy atom. The molecule has 0 aromatic carbocycles. The Morgan fingerprint density at radius 3 is 2.95 bits per heavy atom. The highest BCUT2D eigenvalue weighted by Gasteiger charge is 2.29. The molecule has 0 spiro atoms. The number of nitrogens with two attached hydrogens (primary N) is 1. The van der Waals surface area contributed by atoms with Crippen molar-refractivity contribution in [3.8, 4) is 0 Å². The summed E-state index contributed by atoms with van der Waals surface area (Å²) in [5, 5.41) is 0. The van der Waals surface area contributed by atoms with Gasteiger partial charge in [-0.3, -0.25) is 4.90 Å². The maximum Gasteiger partial charge on any atom is 0.145 e. The van der Waals surface area contributed by atoms with E-state index in [2.05, 4.69) is 32.1 Å². The third-order valence-electron chi connectivity index (χ3n) is 4.35. The van der Waals surface area contributed by atoms with Gasteiger partial charge in [-0.2, -0.15) is 0 Å². The van der Waals surface area contributed by atoms with E-state index < -0.39 is 0 Å². The molecular formula is C14H24N6. The molecule has 0 aliphatic carbocycles. The normalized spacial score (nSPS) is 23.5. The number of aryl methyl sites for hydroxylation is 1.